The van der Waals surface area contributed by atoms with Crippen molar-refractivity contribution >= 4 is 5.91 Å². The Morgan fingerprint density at radius 3 is 2.56 bits per heavy atom. The molecule has 0 aliphatic heterocycles. The average Bonchev–Trinajstić information content (AvgIpc) is 2.38. The molecule has 3 heteroatoms. The van der Waals surface area contributed by atoms with Crippen LogP contribution in [0, 0.1) is 5.82 Å². The van der Waals surface area contributed by atoms with Gasteiger partial charge >= 0.3 is 0 Å². The van der Waals surface area contributed by atoms with Crippen LogP contribution in [0.4, 0.5) is 4.39 Å². The molecule has 2 N–H and O–H groups in total. The van der Waals surface area contributed by atoms with Crippen LogP contribution in [0.25, 0.3) is 11.1 Å². The lowest BCUT2D eigenvalue weighted by Crippen LogP contribution is -2.19. The van der Waals surface area contributed by atoms with Crippen LogP contribution < -0.4 is 5.73 Å². The SMILES string of the molecule is CC(C(N)=O)c1ccccc1-c1cccc(F)c1. The molecule has 1 unspecified atom stereocenters. The smallest absolute Gasteiger partial charge is 0.224 e. The molecule has 2 rings (SSSR count). The van der Waals surface area contributed by atoms with Gasteiger partial charge in [-0.1, -0.05) is 36.4 Å². The molecule has 0 radical (unpaired) electrons. The Hall–Kier alpha value is -2.16. The van der Waals surface area contributed by atoms with E-state index >= 15 is 0 Å². The fraction of sp³-hybridized carbons (Fsp3) is 0.133. The molecule has 0 spiro atoms. The van der Waals surface area contributed by atoms with Crippen LogP contribution in [0.15, 0.2) is 48.5 Å². The molecule has 2 aromatic carbocycles. The molecule has 0 aliphatic rings. The van der Waals surface area contributed by atoms with Gasteiger partial charge in [-0.05, 0) is 35.7 Å². The number of benzene rings is 2. The molecule has 92 valence electrons. The van der Waals surface area contributed by atoms with Crippen LogP contribution in [0.1, 0.15) is 18.4 Å². The van der Waals surface area contributed by atoms with Crippen LogP contribution in [0.3, 0.4) is 0 Å². The molecular formula is C15H14FNO. The standard InChI is InChI=1S/C15H14FNO/c1-10(15(17)18)13-7-2-3-8-14(13)11-5-4-6-12(16)9-11/h2-10H,1H3,(H2,17,18). The highest BCUT2D eigenvalue weighted by Crippen LogP contribution is 2.29. The lowest BCUT2D eigenvalue weighted by Gasteiger charge is -2.13. The van der Waals surface area contributed by atoms with E-state index < -0.39 is 5.92 Å². The molecule has 0 aliphatic carbocycles. The Morgan fingerprint density at radius 1 is 1.17 bits per heavy atom. The summed E-state index contributed by atoms with van der Waals surface area (Å²) in [6.07, 6.45) is 0. The highest BCUT2D eigenvalue weighted by Gasteiger charge is 2.16. The van der Waals surface area contributed by atoms with Gasteiger partial charge < -0.3 is 5.73 Å². The second kappa shape index (κ2) is 5.00. The monoisotopic (exact) mass is 243 g/mol. The van der Waals surface area contributed by atoms with Crippen molar-refractivity contribution in [3.8, 4) is 11.1 Å². The van der Waals surface area contributed by atoms with Crippen molar-refractivity contribution in [2.75, 3.05) is 0 Å². The van der Waals surface area contributed by atoms with E-state index in [1.165, 1.54) is 12.1 Å². The van der Waals surface area contributed by atoms with E-state index in [1.54, 1.807) is 13.0 Å². The molecule has 18 heavy (non-hydrogen) atoms. The maximum Gasteiger partial charge on any atom is 0.224 e. The minimum Gasteiger partial charge on any atom is -0.369 e. The largest absolute Gasteiger partial charge is 0.369 e. The van der Waals surface area contributed by atoms with Crippen LogP contribution in [0.2, 0.25) is 0 Å². The summed E-state index contributed by atoms with van der Waals surface area (Å²) in [5, 5.41) is 0. The zero-order valence-electron chi connectivity index (χ0n) is 10.1. The van der Waals surface area contributed by atoms with Crippen LogP contribution in [-0.4, -0.2) is 5.91 Å². The molecule has 0 bridgehead atoms. The first-order valence-corrected chi connectivity index (χ1v) is 5.74. The molecule has 2 aromatic rings. The predicted octanol–water partition coefficient (Wildman–Crippen LogP) is 3.08. The fourth-order valence-electron chi connectivity index (χ4n) is 1.95. The van der Waals surface area contributed by atoms with E-state index in [4.69, 9.17) is 5.73 Å². The van der Waals surface area contributed by atoms with Gasteiger partial charge in [0.15, 0.2) is 0 Å². The summed E-state index contributed by atoms with van der Waals surface area (Å²) in [4.78, 5) is 11.3. The van der Waals surface area contributed by atoms with Crippen molar-refractivity contribution < 1.29 is 9.18 Å². The van der Waals surface area contributed by atoms with E-state index in [2.05, 4.69) is 0 Å². The van der Waals surface area contributed by atoms with Crippen LogP contribution in [0.5, 0.6) is 0 Å². The van der Waals surface area contributed by atoms with Crippen molar-refractivity contribution in [3.05, 3.63) is 59.9 Å². The maximum absolute atomic E-state index is 13.3. The van der Waals surface area contributed by atoms with Gasteiger partial charge in [0.2, 0.25) is 5.91 Å². The van der Waals surface area contributed by atoms with Gasteiger partial charge in [0.1, 0.15) is 5.82 Å². The normalized spacial score (nSPS) is 12.1. The first-order chi connectivity index (χ1) is 8.59. The quantitative estimate of drug-likeness (QED) is 0.884. The summed E-state index contributed by atoms with van der Waals surface area (Å²) in [7, 11) is 0. The van der Waals surface area contributed by atoms with Gasteiger partial charge in [-0.2, -0.15) is 0 Å². The molecule has 0 fully saturated rings. The van der Waals surface area contributed by atoms with Crippen molar-refractivity contribution in [3.63, 3.8) is 0 Å². The predicted molar refractivity (Wildman–Crippen MR) is 69.4 cm³/mol. The lowest BCUT2D eigenvalue weighted by atomic mass is 9.91. The number of rotatable bonds is 3. The molecule has 1 amide bonds. The summed E-state index contributed by atoms with van der Waals surface area (Å²) in [5.74, 6) is -1.09. The molecule has 0 heterocycles. The third-order valence-corrected chi connectivity index (χ3v) is 2.99. The van der Waals surface area contributed by atoms with Gasteiger partial charge in [0, 0.05) is 0 Å². The van der Waals surface area contributed by atoms with Gasteiger partial charge in [-0.25, -0.2) is 4.39 Å². The number of amides is 1. The third kappa shape index (κ3) is 2.40. The van der Waals surface area contributed by atoms with E-state index in [0.717, 1.165) is 16.7 Å². The number of carbonyl (C=O) groups is 1. The average molecular weight is 243 g/mol. The maximum atomic E-state index is 13.3. The highest BCUT2D eigenvalue weighted by atomic mass is 19.1. The van der Waals surface area contributed by atoms with Gasteiger partial charge in [0.05, 0.1) is 5.92 Å². The first kappa shape index (κ1) is 12.3. The van der Waals surface area contributed by atoms with Crippen molar-refractivity contribution in [2.24, 2.45) is 5.73 Å². The van der Waals surface area contributed by atoms with Crippen molar-refractivity contribution in [1.82, 2.24) is 0 Å². The molecule has 0 aromatic heterocycles. The highest BCUT2D eigenvalue weighted by molar-refractivity contribution is 5.84. The van der Waals surface area contributed by atoms with E-state index in [1.807, 2.05) is 30.3 Å². The minimum absolute atomic E-state index is 0.297. The lowest BCUT2D eigenvalue weighted by molar-refractivity contribution is -0.119. The Kier molecular flexibility index (Phi) is 3.42. The first-order valence-electron chi connectivity index (χ1n) is 5.74. The van der Waals surface area contributed by atoms with Crippen LogP contribution >= 0.6 is 0 Å². The van der Waals surface area contributed by atoms with Gasteiger partial charge in [-0.3, -0.25) is 4.79 Å². The fourth-order valence-corrected chi connectivity index (χ4v) is 1.95. The van der Waals surface area contributed by atoms with Crippen molar-refractivity contribution in [1.29, 1.82) is 0 Å². The zero-order chi connectivity index (χ0) is 13.1. The molecule has 2 nitrogen and oxygen atoms in total. The topological polar surface area (TPSA) is 43.1 Å². The number of hydrogen-bond acceptors (Lipinski definition) is 1. The second-order valence-electron chi connectivity index (χ2n) is 4.22. The molecule has 0 saturated heterocycles. The zero-order valence-corrected chi connectivity index (χ0v) is 10.1. The Balaban J connectivity index is 2.55. The summed E-state index contributed by atoms with van der Waals surface area (Å²) in [6.45, 7) is 1.75. The number of nitrogens with two attached hydrogens (primary N) is 1. The molecular weight excluding hydrogens is 229 g/mol. The number of primary amides is 1. The Bertz CT molecular complexity index is 580. The summed E-state index contributed by atoms with van der Waals surface area (Å²) < 4.78 is 13.3. The van der Waals surface area contributed by atoms with E-state index in [-0.39, 0.29) is 11.7 Å². The van der Waals surface area contributed by atoms with Gasteiger partial charge in [-0.15, -0.1) is 0 Å². The van der Waals surface area contributed by atoms with Crippen molar-refractivity contribution in [2.45, 2.75) is 12.8 Å². The number of halogens is 1. The molecule has 1 atom stereocenters. The number of carbonyl (C=O) groups excluding carboxylic acids is 1. The minimum atomic E-state index is -0.399. The summed E-state index contributed by atoms with van der Waals surface area (Å²) in [6, 6.07) is 13.7. The second-order valence-corrected chi connectivity index (χ2v) is 4.22. The van der Waals surface area contributed by atoms with E-state index in [0.29, 0.717) is 0 Å². The Morgan fingerprint density at radius 2 is 1.89 bits per heavy atom. The van der Waals surface area contributed by atoms with E-state index in [9.17, 15) is 9.18 Å². The number of hydrogen-bond donors (Lipinski definition) is 1. The summed E-state index contributed by atoms with van der Waals surface area (Å²) in [5.41, 5.74) is 7.73. The van der Waals surface area contributed by atoms with Crippen LogP contribution in [-0.2, 0) is 4.79 Å². The van der Waals surface area contributed by atoms with Gasteiger partial charge in [0.25, 0.3) is 0 Å². The summed E-state index contributed by atoms with van der Waals surface area (Å²) >= 11 is 0. The third-order valence-electron chi connectivity index (χ3n) is 2.99. The Labute approximate surface area is 105 Å². The molecule has 0 saturated carbocycles.